The van der Waals surface area contributed by atoms with E-state index in [0.717, 1.165) is 30.8 Å². The summed E-state index contributed by atoms with van der Waals surface area (Å²) in [6.07, 6.45) is -2.07. The second-order valence-electron chi connectivity index (χ2n) is 7.44. The van der Waals surface area contributed by atoms with Gasteiger partial charge < -0.3 is 9.80 Å². The summed E-state index contributed by atoms with van der Waals surface area (Å²) in [5.41, 5.74) is 0.479. The van der Waals surface area contributed by atoms with Crippen molar-refractivity contribution in [1.82, 2.24) is 19.7 Å². The van der Waals surface area contributed by atoms with E-state index >= 15 is 0 Å². The molecule has 10 heteroatoms. The molecule has 0 bridgehead atoms. The monoisotopic (exact) mass is 429 g/mol. The largest absolute Gasteiger partial charge is 0.417 e. The maximum atomic E-state index is 12.8. The van der Waals surface area contributed by atoms with Gasteiger partial charge in [0.05, 0.1) is 10.6 Å². The van der Waals surface area contributed by atoms with Crippen LogP contribution in [0.2, 0.25) is 5.02 Å². The Kier molecular flexibility index (Phi) is 6.07. The second kappa shape index (κ2) is 8.22. The van der Waals surface area contributed by atoms with Crippen LogP contribution in [0.1, 0.15) is 34.6 Å². The molecule has 3 heterocycles. The van der Waals surface area contributed by atoms with Crippen molar-refractivity contribution in [3.05, 3.63) is 40.3 Å². The van der Waals surface area contributed by atoms with Crippen LogP contribution in [0.4, 0.5) is 19.0 Å². The highest BCUT2D eigenvalue weighted by Crippen LogP contribution is 2.34. The molecule has 0 N–H and O–H groups in total. The smallest absolute Gasteiger partial charge is 0.355 e. The molecule has 0 atom stereocenters. The lowest BCUT2D eigenvalue weighted by Gasteiger charge is -2.34. The Morgan fingerprint density at radius 3 is 2.48 bits per heavy atom. The van der Waals surface area contributed by atoms with Crippen molar-refractivity contribution in [3.63, 3.8) is 0 Å². The van der Waals surface area contributed by atoms with E-state index in [4.69, 9.17) is 11.6 Å². The number of pyridine rings is 1. The van der Waals surface area contributed by atoms with E-state index in [2.05, 4.69) is 10.1 Å². The summed E-state index contributed by atoms with van der Waals surface area (Å²) < 4.78 is 40.0. The predicted octanol–water partition coefficient (Wildman–Crippen LogP) is 3.78. The van der Waals surface area contributed by atoms with Gasteiger partial charge in [-0.2, -0.15) is 18.3 Å². The van der Waals surface area contributed by atoms with Crippen molar-refractivity contribution in [2.24, 2.45) is 13.0 Å². The third kappa shape index (κ3) is 4.83. The Morgan fingerprint density at radius 1 is 1.31 bits per heavy atom. The van der Waals surface area contributed by atoms with Gasteiger partial charge in [-0.15, -0.1) is 0 Å². The van der Waals surface area contributed by atoms with Crippen LogP contribution in [0.15, 0.2) is 18.3 Å². The molecule has 1 fully saturated rings. The van der Waals surface area contributed by atoms with Crippen LogP contribution in [-0.2, 0) is 13.2 Å². The quantitative estimate of drug-likeness (QED) is 0.742. The van der Waals surface area contributed by atoms with Crippen LogP contribution in [0.25, 0.3) is 0 Å². The number of carbonyl (C=O) groups excluding carboxylic acids is 1. The fourth-order valence-corrected chi connectivity index (χ4v) is 3.76. The van der Waals surface area contributed by atoms with Gasteiger partial charge >= 0.3 is 6.18 Å². The van der Waals surface area contributed by atoms with E-state index in [-0.39, 0.29) is 10.9 Å². The van der Waals surface area contributed by atoms with E-state index < -0.39 is 11.7 Å². The molecule has 6 nitrogen and oxygen atoms in total. The molecule has 1 aliphatic rings. The molecule has 0 saturated carbocycles. The minimum atomic E-state index is -4.47. The molecule has 2 aromatic rings. The summed E-state index contributed by atoms with van der Waals surface area (Å²) in [5.74, 6) is 0.535. The zero-order valence-electron chi connectivity index (χ0n) is 16.5. The summed E-state index contributed by atoms with van der Waals surface area (Å²) in [7, 11) is 3.55. The third-order valence-corrected chi connectivity index (χ3v) is 5.55. The number of aromatic nitrogens is 3. The van der Waals surface area contributed by atoms with Crippen LogP contribution < -0.4 is 4.90 Å². The number of nitrogens with zero attached hydrogens (tertiary/aromatic N) is 5. The third-order valence-electron chi connectivity index (χ3n) is 5.27. The molecule has 1 aliphatic heterocycles. The highest BCUT2D eigenvalue weighted by Gasteiger charge is 2.32. The van der Waals surface area contributed by atoms with Crippen LogP contribution in [0, 0.1) is 12.8 Å². The molecule has 0 spiro atoms. The maximum Gasteiger partial charge on any atom is 0.417 e. The van der Waals surface area contributed by atoms with Gasteiger partial charge in [0, 0.05) is 45.6 Å². The number of carbonyl (C=O) groups is 1. The Labute approximate surface area is 172 Å². The predicted molar refractivity (Wildman–Crippen MR) is 104 cm³/mol. The normalized spacial score (nSPS) is 15.6. The highest BCUT2D eigenvalue weighted by atomic mass is 35.5. The number of halogens is 4. The number of aryl methyl sites for hydroxylation is 2. The van der Waals surface area contributed by atoms with Gasteiger partial charge in [0.25, 0.3) is 5.91 Å². The Hall–Kier alpha value is -2.29. The van der Waals surface area contributed by atoms with Gasteiger partial charge in [-0.25, -0.2) is 4.98 Å². The van der Waals surface area contributed by atoms with E-state index in [9.17, 15) is 18.0 Å². The van der Waals surface area contributed by atoms with Crippen molar-refractivity contribution in [2.45, 2.75) is 25.9 Å². The average Bonchev–Trinajstić information content (AvgIpc) is 2.99. The van der Waals surface area contributed by atoms with Crippen LogP contribution in [-0.4, -0.2) is 52.3 Å². The zero-order chi connectivity index (χ0) is 21.3. The molecule has 0 aromatic carbocycles. The van der Waals surface area contributed by atoms with Gasteiger partial charge in [-0.05, 0) is 37.8 Å². The molecule has 0 unspecified atom stereocenters. The molecule has 0 aliphatic carbocycles. The lowest BCUT2D eigenvalue weighted by Crippen LogP contribution is -2.40. The molecule has 2 aromatic heterocycles. The van der Waals surface area contributed by atoms with E-state index in [1.54, 1.807) is 29.7 Å². The van der Waals surface area contributed by atoms with Crippen LogP contribution >= 0.6 is 11.6 Å². The Morgan fingerprint density at radius 2 is 1.97 bits per heavy atom. The number of alkyl halides is 3. The van der Waals surface area contributed by atoms with Crippen LogP contribution in [0.5, 0.6) is 0 Å². The zero-order valence-corrected chi connectivity index (χ0v) is 17.3. The number of hydrogen-bond donors (Lipinski definition) is 0. The van der Waals surface area contributed by atoms with Gasteiger partial charge in [-0.1, -0.05) is 11.6 Å². The summed E-state index contributed by atoms with van der Waals surface area (Å²) in [5, 5.41) is 4.22. The molecule has 0 radical (unpaired) electrons. The molecular formula is C19H23ClF3N5O. The number of hydrogen-bond acceptors (Lipinski definition) is 4. The first-order chi connectivity index (χ1) is 13.6. The fraction of sp³-hybridized carbons (Fsp3) is 0.526. The van der Waals surface area contributed by atoms with E-state index in [1.165, 1.54) is 0 Å². The van der Waals surface area contributed by atoms with Gasteiger partial charge in [0.1, 0.15) is 5.82 Å². The second-order valence-corrected chi connectivity index (χ2v) is 7.85. The molecule has 1 amide bonds. The number of anilines is 1. The summed E-state index contributed by atoms with van der Waals surface area (Å²) in [4.78, 5) is 20.0. The minimum Gasteiger partial charge on any atom is -0.355 e. The van der Waals surface area contributed by atoms with Gasteiger partial charge in [-0.3, -0.25) is 9.48 Å². The van der Waals surface area contributed by atoms with Crippen molar-refractivity contribution >= 4 is 23.3 Å². The highest BCUT2D eigenvalue weighted by molar-refractivity contribution is 6.33. The lowest BCUT2D eigenvalue weighted by atomic mass is 9.96. The first kappa shape index (κ1) is 21.4. The van der Waals surface area contributed by atoms with Crippen molar-refractivity contribution in [1.29, 1.82) is 0 Å². The van der Waals surface area contributed by atoms with Gasteiger partial charge in [0.15, 0.2) is 5.69 Å². The molecule has 158 valence electrons. The van der Waals surface area contributed by atoms with Crippen molar-refractivity contribution in [3.8, 4) is 0 Å². The van der Waals surface area contributed by atoms with E-state index in [0.29, 0.717) is 37.1 Å². The average molecular weight is 430 g/mol. The maximum absolute atomic E-state index is 12.8. The first-order valence-corrected chi connectivity index (χ1v) is 9.68. The summed E-state index contributed by atoms with van der Waals surface area (Å²) in [6.45, 7) is 3.72. The lowest BCUT2D eigenvalue weighted by molar-refractivity contribution is -0.137. The Balaban J connectivity index is 1.57. The van der Waals surface area contributed by atoms with Gasteiger partial charge in [0.2, 0.25) is 0 Å². The van der Waals surface area contributed by atoms with Crippen molar-refractivity contribution < 1.29 is 18.0 Å². The summed E-state index contributed by atoms with van der Waals surface area (Å²) >= 11 is 6.05. The fourth-order valence-electron chi connectivity index (χ4n) is 3.48. The minimum absolute atomic E-state index is 0.00362. The number of amides is 1. The van der Waals surface area contributed by atoms with E-state index in [1.807, 2.05) is 11.8 Å². The molecule has 29 heavy (non-hydrogen) atoms. The SMILES string of the molecule is Cc1cc(C(=O)N(C)CC2CCN(c3ncc(C(F)(F)F)cc3Cl)CC2)nn1C. The standard InChI is InChI=1S/C19H23ClF3N5O/c1-12-8-16(25-27(12)3)18(29)26(2)11-13-4-6-28(7-5-13)17-15(20)9-14(10-24-17)19(21,22)23/h8-10,13H,4-7,11H2,1-3H3. The van der Waals surface area contributed by atoms with Crippen LogP contribution in [0.3, 0.4) is 0 Å². The number of piperidine rings is 1. The Bertz CT molecular complexity index is 871. The molecule has 1 saturated heterocycles. The van der Waals surface area contributed by atoms with Crippen molar-refractivity contribution in [2.75, 3.05) is 31.6 Å². The first-order valence-electron chi connectivity index (χ1n) is 9.30. The molecule has 3 rings (SSSR count). The molecular weight excluding hydrogens is 407 g/mol. The summed E-state index contributed by atoms with van der Waals surface area (Å²) in [6, 6.07) is 2.68. The topological polar surface area (TPSA) is 54.3 Å². The number of rotatable bonds is 4.